The third-order valence-electron chi connectivity index (χ3n) is 3.65. The van der Waals surface area contributed by atoms with Gasteiger partial charge in [0.1, 0.15) is 11.8 Å². The van der Waals surface area contributed by atoms with Crippen molar-refractivity contribution in [3.8, 4) is 5.75 Å². The smallest absolute Gasteiger partial charge is 0.260 e. The number of aromatic nitrogens is 1. The molecule has 0 aliphatic carbocycles. The number of thiocarbonyl (C=S) groups is 1. The standard InChI is InChI=1S/C18H19N5O2S2/c1-11(19-18-21-14-8-3-4-9-15(14)27-18)16(24)22-23-17(26)20-12-6-5-7-13(10-12)25-2/h3-11H,1-2H3,(H,19,21)(H,22,24)(H2,20,23,26)/t11-/m0/s1. The van der Waals surface area contributed by atoms with Crippen LogP contribution in [0.3, 0.4) is 0 Å². The minimum absolute atomic E-state index is 0.260. The lowest BCUT2D eigenvalue weighted by atomic mass is 10.3. The zero-order valence-electron chi connectivity index (χ0n) is 14.8. The number of methoxy groups -OCH3 is 1. The third kappa shape index (κ3) is 5.05. The van der Waals surface area contributed by atoms with E-state index >= 15 is 0 Å². The van der Waals surface area contributed by atoms with Crippen LogP contribution in [0, 0.1) is 0 Å². The number of ether oxygens (including phenoxy) is 1. The zero-order chi connectivity index (χ0) is 19.2. The molecule has 0 spiro atoms. The molecule has 1 aromatic heterocycles. The summed E-state index contributed by atoms with van der Waals surface area (Å²) >= 11 is 6.69. The summed E-state index contributed by atoms with van der Waals surface area (Å²) < 4.78 is 6.22. The average molecular weight is 402 g/mol. The van der Waals surface area contributed by atoms with Crippen LogP contribution in [0.2, 0.25) is 0 Å². The number of nitrogens with zero attached hydrogens (tertiary/aromatic N) is 1. The molecule has 9 heteroatoms. The Labute approximate surface area is 166 Å². The Balaban J connectivity index is 1.49. The predicted molar refractivity (Wildman–Crippen MR) is 113 cm³/mol. The largest absolute Gasteiger partial charge is 0.497 e. The molecule has 0 aliphatic heterocycles. The highest BCUT2D eigenvalue weighted by Crippen LogP contribution is 2.25. The number of thiazole rings is 1. The number of hydrogen-bond donors (Lipinski definition) is 4. The van der Waals surface area contributed by atoms with Gasteiger partial charge in [0.05, 0.1) is 17.3 Å². The first-order valence-corrected chi connectivity index (χ1v) is 9.40. The van der Waals surface area contributed by atoms with Gasteiger partial charge in [0, 0.05) is 11.8 Å². The number of hydrogen-bond acceptors (Lipinski definition) is 6. The summed E-state index contributed by atoms with van der Waals surface area (Å²) in [6, 6.07) is 14.6. The van der Waals surface area contributed by atoms with Gasteiger partial charge in [-0.3, -0.25) is 15.6 Å². The second-order valence-electron chi connectivity index (χ2n) is 5.65. The van der Waals surface area contributed by atoms with Gasteiger partial charge in [0.25, 0.3) is 5.91 Å². The number of rotatable bonds is 5. The molecule has 7 nitrogen and oxygen atoms in total. The van der Waals surface area contributed by atoms with Crippen LogP contribution in [-0.4, -0.2) is 29.2 Å². The van der Waals surface area contributed by atoms with Crippen LogP contribution in [0.15, 0.2) is 48.5 Å². The number of fused-ring (bicyclic) bond motifs is 1. The highest BCUT2D eigenvalue weighted by molar-refractivity contribution is 7.80. The molecule has 3 rings (SSSR count). The van der Waals surface area contributed by atoms with Crippen molar-refractivity contribution in [2.45, 2.75) is 13.0 Å². The van der Waals surface area contributed by atoms with Crippen molar-refractivity contribution < 1.29 is 9.53 Å². The van der Waals surface area contributed by atoms with Gasteiger partial charge in [-0.1, -0.05) is 29.5 Å². The van der Waals surface area contributed by atoms with E-state index in [0.717, 1.165) is 15.9 Å². The van der Waals surface area contributed by atoms with Crippen LogP contribution in [0.5, 0.6) is 5.75 Å². The van der Waals surface area contributed by atoms with E-state index in [9.17, 15) is 4.79 Å². The maximum Gasteiger partial charge on any atom is 0.260 e. The molecule has 1 heterocycles. The van der Waals surface area contributed by atoms with E-state index in [1.54, 1.807) is 20.1 Å². The van der Waals surface area contributed by atoms with Crippen LogP contribution in [-0.2, 0) is 4.79 Å². The first-order valence-electron chi connectivity index (χ1n) is 8.18. The lowest BCUT2D eigenvalue weighted by molar-refractivity contribution is -0.122. The minimum atomic E-state index is -0.488. The van der Waals surface area contributed by atoms with Crippen LogP contribution < -0.4 is 26.2 Å². The van der Waals surface area contributed by atoms with E-state index < -0.39 is 6.04 Å². The molecule has 4 N–H and O–H groups in total. The van der Waals surface area contributed by atoms with Crippen molar-refractivity contribution in [2.75, 3.05) is 17.7 Å². The van der Waals surface area contributed by atoms with Crippen molar-refractivity contribution in [1.82, 2.24) is 15.8 Å². The van der Waals surface area contributed by atoms with Gasteiger partial charge in [0.15, 0.2) is 10.2 Å². The van der Waals surface area contributed by atoms with Crippen molar-refractivity contribution in [3.63, 3.8) is 0 Å². The molecule has 0 fully saturated rings. The van der Waals surface area contributed by atoms with Crippen LogP contribution in [0.1, 0.15) is 6.92 Å². The van der Waals surface area contributed by atoms with E-state index in [2.05, 4.69) is 26.5 Å². The number of amides is 1. The Bertz CT molecular complexity index is 927. The number of para-hydroxylation sites is 1. The predicted octanol–water partition coefficient (Wildman–Crippen LogP) is 3.12. The van der Waals surface area contributed by atoms with E-state index in [-0.39, 0.29) is 11.0 Å². The summed E-state index contributed by atoms with van der Waals surface area (Å²) in [4.78, 5) is 16.7. The van der Waals surface area contributed by atoms with Crippen LogP contribution >= 0.6 is 23.6 Å². The van der Waals surface area contributed by atoms with Crippen LogP contribution in [0.4, 0.5) is 10.8 Å². The number of nitrogens with one attached hydrogen (secondary N) is 4. The molecule has 1 amide bonds. The molecule has 1 atom stereocenters. The fourth-order valence-electron chi connectivity index (χ4n) is 2.27. The number of carbonyl (C=O) groups excluding carboxylic acids is 1. The average Bonchev–Trinajstić information content (AvgIpc) is 3.08. The molecule has 2 aromatic carbocycles. The van der Waals surface area contributed by atoms with E-state index in [0.29, 0.717) is 10.9 Å². The Morgan fingerprint density at radius 2 is 2.00 bits per heavy atom. The van der Waals surface area contributed by atoms with Crippen molar-refractivity contribution in [1.29, 1.82) is 0 Å². The van der Waals surface area contributed by atoms with Gasteiger partial charge in [-0.2, -0.15) is 0 Å². The van der Waals surface area contributed by atoms with Gasteiger partial charge < -0.3 is 15.4 Å². The summed E-state index contributed by atoms with van der Waals surface area (Å²) in [5, 5.41) is 7.03. The summed E-state index contributed by atoms with van der Waals surface area (Å²) in [7, 11) is 1.59. The Kier molecular flexibility index (Phi) is 6.05. The monoisotopic (exact) mass is 401 g/mol. The summed E-state index contributed by atoms with van der Waals surface area (Å²) in [5.74, 6) is 0.449. The quantitative estimate of drug-likeness (QED) is 0.386. The molecule has 0 radical (unpaired) electrons. The summed E-state index contributed by atoms with van der Waals surface area (Å²) in [5.41, 5.74) is 6.91. The van der Waals surface area contributed by atoms with Crippen molar-refractivity contribution in [2.24, 2.45) is 0 Å². The topological polar surface area (TPSA) is 87.3 Å². The lowest BCUT2D eigenvalue weighted by Gasteiger charge is -2.16. The molecule has 0 unspecified atom stereocenters. The fourth-order valence-corrected chi connectivity index (χ4v) is 3.40. The zero-order valence-corrected chi connectivity index (χ0v) is 16.4. The molecule has 140 valence electrons. The minimum Gasteiger partial charge on any atom is -0.497 e. The maximum atomic E-state index is 12.3. The highest BCUT2D eigenvalue weighted by Gasteiger charge is 2.15. The Morgan fingerprint density at radius 1 is 1.19 bits per heavy atom. The normalized spacial score (nSPS) is 11.5. The summed E-state index contributed by atoms with van der Waals surface area (Å²) in [6.45, 7) is 1.75. The van der Waals surface area contributed by atoms with E-state index in [4.69, 9.17) is 17.0 Å². The number of benzene rings is 2. The highest BCUT2D eigenvalue weighted by atomic mass is 32.1. The van der Waals surface area contributed by atoms with E-state index in [1.165, 1.54) is 11.3 Å². The lowest BCUT2D eigenvalue weighted by Crippen LogP contribution is -2.49. The Hall–Kier alpha value is -2.91. The molecular formula is C18H19N5O2S2. The molecule has 0 aliphatic rings. The molecule has 0 bridgehead atoms. The third-order valence-corrected chi connectivity index (χ3v) is 4.83. The molecule has 0 saturated heterocycles. The molecule has 27 heavy (non-hydrogen) atoms. The van der Waals surface area contributed by atoms with Crippen molar-refractivity contribution >= 4 is 55.6 Å². The molecule has 3 aromatic rings. The number of anilines is 2. The first kappa shape index (κ1) is 18.9. The van der Waals surface area contributed by atoms with Crippen LogP contribution in [0.25, 0.3) is 10.2 Å². The maximum absolute atomic E-state index is 12.3. The van der Waals surface area contributed by atoms with Gasteiger partial charge >= 0.3 is 0 Å². The van der Waals surface area contributed by atoms with Gasteiger partial charge in [-0.15, -0.1) is 0 Å². The fraction of sp³-hybridized carbons (Fsp3) is 0.167. The second kappa shape index (κ2) is 8.65. The van der Waals surface area contributed by atoms with Gasteiger partial charge in [-0.05, 0) is 43.4 Å². The molecular weight excluding hydrogens is 382 g/mol. The number of carbonyl (C=O) groups is 1. The summed E-state index contributed by atoms with van der Waals surface area (Å²) in [6.07, 6.45) is 0. The van der Waals surface area contributed by atoms with Crippen molar-refractivity contribution in [3.05, 3.63) is 48.5 Å². The second-order valence-corrected chi connectivity index (χ2v) is 7.09. The first-order chi connectivity index (χ1) is 13.0. The van der Waals surface area contributed by atoms with Gasteiger partial charge in [0.2, 0.25) is 0 Å². The van der Waals surface area contributed by atoms with E-state index in [1.807, 2.05) is 42.5 Å². The van der Waals surface area contributed by atoms with Gasteiger partial charge in [-0.25, -0.2) is 4.98 Å². The number of hydrazine groups is 1. The Morgan fingerprint density at radius 3 is 2.78 bits per heavy atom. The molecule has 0 saturated carbocycles. The SMILES string of the molecule is COc1cccc(NC(=S)NNC(=O)[C@H](C)Nc2nc3ccccc3s2)c1.